The maximum absolute atomic E-state index is 11.9. The fourth-order valence-corrected chi connectivity index (χ4v) is 5.25. The molecular weight excluding hydrogens is 412 g/mol. The largest absolute Gasteiger partial charge is 0.487 e. The van der Waals surface area contributed by atoms with E-state index in [4.69, 9.17) is 4.74 Å². The molecule has 0 aromatic heterocycles. The Hall–Kier alpha value is -2.58. The number of aliphatic imine (C=N–C) groups is 1. The van der Waals surface area contributed by atoms with E-state index in [2.05, 4.69) is 32.5 Å². The number of ether oxygens (including phenoxy) is 1. The number of guanidine groups is 1. The van der Waals surface area contributed by atoms with Crippen LogP contribution in [0, 0.1) is 0 Å². The predicted molar refractivity (Wildman–Crippen MR) is 122 cm³/mol. The van der Waals surface area contributed by atoms with Crippen LogP contribution in [-0.2, 0) is 16.6 Å². The lowest BCUT2D eigenvalue weighted by molar-refractivity contribution is 0.0396. The first kappa shape index (κ1) is 21.6. The Morgan fingerprint density at radius 3 is 2.52 bits per heavy atom. The van der Waals surface area contributed by atoms with Gasteiger partial charge in [-0.25, -0.2) is 13.1 Å². The Morgan fingerprint density at radius 1 is 1.13 bits per heavy atom. The van der Waals surface area contributed by atoms with Crippen molar-refractivity contribution in [3.8, 4) is 5.75 Å². The predicted octanol–water partition coefficient (Wildman–Crippen LogP) is 3.10. The van der Waals surface area contributed by atoms with Crippen LogP contribution in [0.3, 0.4) is 0 Å². The van der Waals surface area contributed by atoms with Gasteiger partial charge < -0.3 is 15.4 Å². The summed E-state index contributed by atoms with van der Waals surface area (Å²) in [5.74, 6) is 1.67. The van der Waals surface area contributed by atoms with Crippen LogP contribution in [0.1, 0.15) is 49.3 Å². The zero-order valence-electron chi connectivity index (χ0n) is 18.0. The van der Waals surface area contributed by atoms with Gasteiger partial charge in [0, 0.05) is 25.6 Å². The van der Waals surface area contributed by atoms with Crippen LogP contribution in [0.25, 0.3) is 0 Å². The monoisotopic (exact) mass is 442 g/mol. The second-order valence-corrected chi connectivity index (χ2v) is 10.1. The van der Waals surface area contributed by atoms with Gasteiger partial charge in [0.2, 0.25) is 10.0 Å². The van der Waals surface area contributed by atoms with E-state index >= 15 is 0 Å². The van der Waals surface area contributed by atoms with Gasteiger partial charge in [0.15, 0.2) is 5.96 Å². The second-order valence-electron chi connectivity index (χ2n) is 8.21. The van der Waals surface area contributed by atoms with Crippen LogP contribution >= 0.6 is 0 Å². The summed E-state index contributed by atoms with van der Waals surface area (Å²) in [4.78, 5) is 4.65. The first-order valence-electron chi connectivity index (χ1n) is 10.7. The molecular formula is C23H30N4O3S. The molecule has 8 heteroatoms. The van der Waals surface area contributed by atoms with Gasteiger partial charge in [-0.1, -0.05) is 30.3 Å². The summed E-state index contributed by atoms with van der Waals surface area (Å²) >= 11 is 0. The number of benzene rings is 2. The summed E-state index contributed by atoms with van der Waals surface area (Å²) in [5.41, 5.74) is 2.04. The van der Waals surface area contributed by atoms with Gasteiger partial charge in [-0.2, -0.15) is 0 Å². The maximum atomic E-state index is 11.9. The van der Waals surface area contributed by atoms with Gasteiger partial charge in [-0.05, 0) is 56.5 Å². The molecule has 0 saturated heterocycles. The van der Waals surface area contributed by atoms with Gasteiger partial charge in [0.25, 0.3) is 0 Å². The highest BCUT2D eigenvalue weighted by Crippen LogP contribution is 2.46. The van der Waals surface area contributed by atoms with Crippen molar-refractivity contribution in [1.29, 1.82) is 0 Å². The first-order chi connectivity index (χ1) is 14.9. The standard InChI is InChI=1S/C23H30N4O3S/c1-24-22(26-16-17-9-11-18(12-10-17)31(28,29)25-2)27-20-15-23(13-5-6-14-23)30-21-8-4-3-7-19(20)21/h3-4,7-12,20,25H,5-6,13-16H2,1-2H3,(H2,24,26,27). The molecule has 1 spiro atoms. The van der Waals surface area contributed by atoms with Crippen molar-refractivity contribution in [3.63, 3.8) is 0 Å². The van der Waals surface area contributed by atoms with E-state index in [1.165, 1.54) is 19.9 Å². The van der Waals surface area contributed by atoms with Gasteiger partial charge in [-0.15, -0.1) is 0 Å². The molecule has 1 atom stereocenters. The van der Waals surface area contributed by atoms with Gasteiger partial charge in [0.05, 0.1) is 10.9 Å². The molecule has 2 aromatic rings. The molecule has 1 fully saturated rings. The zero-order valence-corrected chi connectivity index (χ0v) is 18.8. The minimum atomic E-state index is -3.43. The van der Waals surface area contributed by atoms with E-state index in [0.717, 1.165) is 36.1 Å². The third kappa shape index (κ3) is 4.70. The van der Waals surface area contributed by atoms with Crippen LogP contribution in [0.15, 0.2) is 58.4 Å². The molecule has 31 heavy (non-hydrogen) atoms. The van der Waals surface area contributed by atoms with Crippen LogP contribution in [0.5, 0.6) is 5.75 Å². The van der Waals surface area contributed by atoms with Crippen molar-refractivity contribution in [2.75, 3.05) is 14.1 Å². The average Bonchev–Trinajstić information content (AvgIpc) is 3.24. The van der Waals surface area contributed by atoms with E-state index in [1.54, 1.807) is 19.2 Å². The summed E-state index contributed by atoms with van der Waals surface area (Å²) in [6, 6.07) is 15.2. The smallest absolute Gasteiger partial charge is 0.240 e. The van der Waals surface area contributed by atoms with E-state index in [-0.39, 0.29) is 16.5 Å². The molecule has 0 amide bonds. The molecule has 1 aliphatic carbocycles. The molecule has 0 bridgehead atoms. The van der Waals surface area contributed by atoms with Crippen molar-refractivity contribution in [2.45, 2.75) is 55.2 Å². The molecule has 7 nitrogen and oxygen atoms in total. The summed E-state index contributed by atoms with van der Waals surface area (Å²) in [7, 11) is -0.262. The SMILES string of the molecule is CN=C(NCc1ccc(S(=O)(=O)NC)cc1)NC1CC2(CCCC2)Oc2ccccc21. The molecule has 3 N–H and O–H groups in total. The van der Waals surface area contributed by atoms with Crippen molar-refractivity contribution < 1.29 is 13.2 Å². The summed E-state index contributed by atoms with van der Waals surface area (Å²) in [5, 5.41) is 6.93. The topological polar surface area (TPSA) is 91.8 Å². The zero-order chi connectivity index (χ0) is 21.9. The van der Waals surface area contributed by atoms with Gasteiger partial charge in [0.1, 0.15) is 11.4 Å². The van der Waals surface area contributed by atoms with E-state index in [9.17, 15) is 8.42 Å². The molecule has 2 aromatic carbocycles. The quantitative estimate of drug-likeness (QED) is 0.489. The maximum Gasteiger partial charge on any atom is 0.240 e. The Labute approximate surface area is 184 Å². The number of fused-ring (bicyclic) bond motifs is 1. The highest BCUT2D eigenvalue weighted by Gasteiger charge is 2.43. The minimum Gasteiger partial charge on any atom is -0.487 e. The third-order valence-corrected chi connectivity index (χ3v) is 7.64. The van der Waals surface area contributed by atoms with Crippen LogP contribution < -0.4 is 20.1 Å². The Bertz CT molecular complexity index is 1040. The Morgan fingerprint density at radius 2 is 1.84 bits per heavy atom. The van der Waals surface area contributed by atoms with Crippen molar-refractivity contribution in [1.82, 2.24) is 15.4 Å². The normalized spacial score (nSPS) is 20.2. The molecule has 4 rings (SSSR count). The Kier molecular flexibility index (Phi) is 6.20. The van der Waals surface area contributed by atoms with Crippen LogP contribution in [0.4, 0.5) is 0 Å². The minimum absolute atomic E-state index is 0.0838. The molecule has 0 radical (unpaired) electrons. The van der Waals surface area contributed by atoms with E-state index in [0.29, 0.717) is 12.5 Å². The molecule has 1 unspecified atom stereocenters. The number of hydrogen-bond acceptors (Lipinski definition) is 4. The number of hydrogen-bond donors (Lipinski definition) is 3. The molecule has 1 heterocycles. The lowest BCUT2D eigenvalue weighted by Gasteiger charge is -2.40. The number of nitrogens with zero attached hydrogens (tertiary/aromatic N) is 1. The van der Waals surface area contributed by atoms with Crippen molar-refractivity contribution in [2.24, 2.45) is 4.99 Å². The highest BCUT2D eigenvalue weighted by molar-refractivity contribution is 7.89. The van der Waals surface area contributed by atoms with Crippen LogP contribution in [-0.4, -0.2) is 34.1 Å². The van der Waals surface area contributed by atoms with Crippen molar-refractivity contribution >= 4 is 16.0 Å². The summed E-state index contributed by atoms with van der Waals surface area (Å²) in [6.45, 7) is 0.537. The van der Waals surface area contributed by atoms with E-state index in [1.807, 2.05) is 24.3 Å². The summed E-state index contributed by atoms with van der Waals surface area (Å²) in [6.07, 6.45) is 5.52. The van der Waals surface area contributed by atoms with Crippen molar-refractivity contribution in [3.05, 3.63) is 59.7 Å². The molecule has 1 aliphatic heterocycles. The van der Waals surface area contributed by atoms with Gasteiger partial charge in [-0.3, -0.25) is 4.99 Å². The fourth-order valence-electron chi connectivity index (χ4n) is 4.52. The van der Waals surface area contributed by atoms with Gasteiger partial charge >= 0.3 is 0 Å². The lowest BCUT2D eigenvalue weighted by atomic mass is 9.86. The lowest BCUT2D eigenvalue weighted by Crippen LogP contribution is -2.46. The number of sulfonamides is 1. The first-order valence-corrected chi connectivity index (χ1v) is 12.2. The fraction of sp³-hybridized carbons (Fsp3) is 0.435. The number of rotatable bonds is 5. The molecule has 2 aliphatic rings. The third-order valence-electron chi connectivity index (χ3n) is 6.21. The number of nitrogens with one attached hydrogen (secondary N) is 3. The molecule has 1 saturated carbocycles. The highest BCUT2D eigenvalue weighted by atomic mass is 32.2. The average molecular weight is 443 g/mol. The second kappa shape index (κ2) is 8.88. The van der Waals surface area contributed by atoms with E-state index < -0.39 is 10.0 Å². The Balaban J connectivity index is 1.44. The summed E-state index contributed by atoms with van der Waals surface area (Å²) < 4.78 is 32.6. The van der Waals surface area contributed by atoms with Crippen LogP contribution in [0.2, 0.25) is 0 Å². The molecule has 166 valence electrons. The number of para-hydroxylation sites is 1.